The van der Waals surface area contributed by atoms with Gasteiger partial charge in [0.25, 0.3) is 0 Å². The predicted molar refractivity (Wildman–Crippen MR) is 68.4 cm³/mol. The Morgan fingerprint density at radius 1 is 1.28 bits per heavy atom. The Balaban J connectivity index is 1.62. The van der Waals surface area contributed by atoms with E-state index in [-0.39, 0.29) is 0 Å². The van der Waals surface area contributed by atoms with Gasteiger partial charge in [-0.2, -0.15) is 10.2 Å². The molecule has 0 spiro atoms. The minimum absolute atomic E-state index is 0.836. The molecule has 0 aliphatic carbocycles. The number of rotatable bonds is 4. The molecule has 0 saturated carbocycles. The fourth-order valence-electron chi connectivity index (χ4n) is 1.85. The number of nitrogens with one attached hydrogen (secondary N) is 1. The second-order valence-corrected chi connectivity index (χ2v) is 4.15. The minimum atomic E-state index is 0.836. The highest BCUT2D eigenvalue weighted by atomic mass is 15.2. The normalized spacial score (nSPS) is 10.9. The molecular weight excluding hydrogens is 228 g/mol. The molecule has 0 atom stereocenters. The SMILES string of the molecule is Cn1cc(CCNc2ccn3nccc3n2)cn1. The first-order valence-electron chi connectivity index (χ1n) is 5.83. The van der Waals surface area contributed by atoms with E-state index in [0.29, 0.717) is 0 Å². The Morgan fingerprint density at radius 2 is 2.22 bits per heavy atom. The fraction of sp³-hybridized carbons (Fsp3) is 0.250. The Bertz CT molecular complexity index is 653. The van der Waals surface area contributed by atoms with Crippen LogP contribution in [-0.2, 0) is 13.5 Å². The van der Waals surface area contributed by atoms with Crippen molar-refractivity contribution in [2.45, 2.75) is 6.42 Å². The molecule has 0 aromatic carbocycles. The summed E-state index contributed by atoms with van der Waals surface area (Å²) < 4.78 is 3.55. The van der Waals surface area contributed by atoms with Gasteiger partial charge < -0.3 is 5.32 Å². The molecule has 18 heavy (non-hydrogen) atoms. The number of hydrogen-bond acceptors (Lipinski definition) is 4. The maximum atomic E-state index is 4.44. The van der Waals surface area contributed by atoms with E-state index in [0.717, 1.165) is 24.4 Å². The zero-order valence-electron chi connectivity index (χ0n) is 10.1. The van der Waals surface area contributed by atoms with Crippen molar-refractivity contribution in [3.8, 4) is 0 Å². The first-order valence-corrected chi connectivity index (χ1v) is 5.83. The highest BCUT2D eigenvalue weighted by Crippen LogP contribution is 2.06. The van der Waals surface area contributed by atoms with E-state index in [1.807, 2.05) is 42.5 Å². The lowest BCUT2D eigenvalue weighted by Crippen LogP contribution is -2.06. The molecule has 0 bridgehead atoms. The summed E-state index contributed by atoms with van der Waals surface area (Å²) in [5.41, 5.74) is 2.07. The maximum absolute atomic E-state index is 4.44. The van der Waals surface area contributed by atoms with Gasteiger partial charge in [0.1, 0.15) is 5.82 Å². The summed E-state index contributed by atoms with van der Waals surface area (Å²) in [7, 11) is 1.92. The van der Waals surface area contributed by atoms with E-state index < -0.39 is 0 Å². The van der Waals surface area contributed by atoms with Crippen molar-refractivity contribution in [3.05, 3.63) is 42.5 Å². The van der Waals surface area contributed by atoms with Gasteiger partial charge in [0.2, 0.25) is 0 Å². The average molecular weight is 242 g/mol. The lowest BCUT2D eigenvalue weighted by Gasteiger charge is -2.04. The topological polar surface area (TPSA) is 60.0 Å². The van der Waals surface area contributed by atoms with Gasteiger partial charge in [0.15, 0.2) is 5.65 Å². The molecule has 0 unspecified atom stereocenters. The summed E-state index contributed by atoms with van der Waals surface area (Å²) >= 11 is 0. The number of fused-ring (bicyclic) bond motifs is 1. The predicted octanol–water partition coefficient (Wildman–Crippen LogP) is 1.12. The van der Waals surface area contributed by atoms with Gasteiger partial charge in [0.05, 0.1) is 12.4 Å². The van der Waals surface area contributed by atoms with Crippen LogP contribution in [0.1, 0.15) is 5.56 Å². The van der Waals surface area contributed by atoms with Crippen molar-refractivity contribution in [3.63, 3.8) is 0 Å². The van der Waals surface area contributed by atoms with Crippen molar-refractivity contribution in [1.29, 1.82) is 0 Å². The zero-order valence-corrected chi connectivity index (χ0v) is 10.1. The number of aryl methyl sites for hydroxylation is 1. The third-order valence-electron chi connectivity index (χ3n) is 2.74. The van der Waals surface area contributed by atoms with Crippen LogP contribution in [-0.4, -0.2) is 30.9 Å². The lowest BCUT2D eigenvalue weighted by atomic mass is 10.2. The average Bonchev–Trinajstić information content (AvgIpc) is 2.97. The second-order valence-electron chi connectivity index (χ2n) is 4.15. The third-order valence-corrected chi connectivity index (χ3v) is 2.74. The first kappa shape index (κ1) is 10.8. The van der Waals surface area contributed by atoms with Crippen LogP contribution >= 0.6 is 0 Å². The van der Waals surface area contributed by atoms with Crippen molar-refractivity contribution in [2.75, 3.05) is 11.9 Å². The van der Waals surface area contributed by atoms with Crippen LogP contribution < -0.4 is 5.32 Å². The molecule has 3 aromatic rings. The lowest BCUT2D eigenvalue weighted by molar-refractivity contribution is 0.767. The molecule has 0 radical (unpaired) electrons. The summed E-state index contributed by atoms with van der Waals surface area (Å²) in [4.78, 5) is 4.44. The molecule has 6 heteroatoms. The molecule has 6 nitrogen and oxygen atoms in total. The van der Waals surface area contributed by atoms with Crippen LogP contribution in [0.25, 0.3) is 5.65 Å². The maximum Gasteiger partial charge on any atom is 0.157 e. The van der Waals surface area contributed by atoms with Gasteiger partial charge in [-0.25, -0.2) is 9.50 Å². The van der Waals surface area contributed by atoms with Crippen LogP contribution in [0.5, 0.6) is 0 Å². The summed E-state index contributed by atoms with van der Waals surface area (Å²) in [6.07, 6.45) is 8.47. The zero-order chi connectivity index (χ0) is 12.4. The van der Waals surface area contributed by atoms with Gasteiger partial charge in [-0.05, 0) is 18.1 Å². The van der Waals surface area contributed by atoms with Crippen molar-refractivity contribution >= 4 is 11.5 Å². The monoisotopic (exact) mass is 242 g/mol. The van der Waals surface area contributed by atoms with Crippen molar-refractivity contribution < 1.29 is 0 Å². The van der Waals surface area contributed by atoms with Crippen LogP contribution in [0.2, 0.25) is 0 Å². The smallest absolute Gasteiger partial charge is 0.157 e. The van der Waals surface area contributed by atoms with Gasteiger partial charge in [-0.3, -0.25) is 4.68 Å². The van der Waals surface area contributed by atoms with Crippen molar-refractivity contribution in [1.82, 2.24) is 24.4 Å². The van der Waals surface area contributed by atoms with Crippen molar-refractivity contribution in [2.24, 2.45) is 7.05 Å². The minimum Gasteiger partial charge on any atom is -0.370 e. The summed E-state index contributed by atoms with van der Waals surface area (Å²) in [5.74, 6) is 0.867. The van der Waals surface area contributed by atoms with E-state index in [9.17, 15) is 0 Å². The molecule has 3 rings (SSSR count). The Morgan fingerprint density at radius 3 is 3.06 bits per heavy atom. The van der Waals surface area contributed by atoms with E-state index in [4.69, 9.17) is 0 Å². The van der Waals surface area contributed by atoms with Crippen LogP contribution in [0, 0.1) is 0 Å². The van der Waals surface area contributed by atoms with Crippen LogP contribution in [0.4, 0.5) is 5.82 Å². The first-order chi connectivity index (χ1) is 8.81. The molecule has 0 fully saturated rings. The second kappa shape index (κ2) is 4.48. The standard InChI is InChI=1S/C12H14N6/c1-17-9-10(8-15-17)2-5-13-11-4-7-18-12(16-11)3-6-14-18/h3-4,6-9H,2,5H2,1H3,(H,13,16). The Hall–Kier alpha value is -2.37. The number of hydrogen-bond donors (Lipinski definition) is 1. The summed E-state index contributed by atoms with van der Waals surface area (Å²) in [5, 5.41) is 11.5. The van der Waals surface area contributed by atoms with E-state index in [2.05, 4.69) is 20.5 Å². The molecule has 0 saturated heterocycles. The number of nitrogens with zero attached hydrogens (tertiary/aromatic N) is 5. The van der Waals surface area contributed by atoms with Gasteiger partial charge in [0, 0.05) is 32.1 Å². The van der Waals surface area contributed by atoms with Gasteiger partial charge in [-0.1, -0.05) is 0 Å². The molecular formula is C12H14N6. The largest absolute Gasteiger partial charge is 0.370 e. The summed E-state index contributed by atoms with van der Waals surface area (Å²) in [6.45, 7) is 0.836. The molecule has 3 heterocycles. The van der Waals surface area contributed by atoms with E-state index in [1.165, 1.54) is 5.56 Å². The molecule has 92 valence electrons. The van der Waals surface area contributed by atoms with E-state index in [1.54, 1.807) is 10.7 Å². The highest BCUT2D eigenvalue weighted by molar-refractivity contribution is 5.45. The molecule has 0 aliphatic rings. The Kier molecular flexibility index (Phi) is 2.68. The highest BCUT2D eigenvalue weighted by Gasteiger charge is 1.99. The Labute approximate surface area is 104 Å². The third kappa shape index (κ3) is 2.17. The molecule has 1 N–H and O–H groups in total. The quantitative estimate of drug-likeness (QED) is 0.744. The number of anilines is 1. The molecule has 0 aliphatic heterocycles. The summed E-state index contributed by atoms with van der Waals surface area (Å²) in [6, 6.07) is 3.80. The van der Waals surface area contributed by atoms with Crippen LogP contribution in [0.15, 0.2) is 36.9 Å². The van der Waals surface area contributed by atoms with E-state index >= 15 is 0 Å². The van der Waals surface area contributed by atoms with Crippen LogP contribution in [0.3, 0.4) is 0 Å². The van der Waals surface area contributed by atoms with Gasteiger partial charge in [-0.15, -0.1) is 0 Å². The molecule has 0 amide bonds. The van der Waals surface area contributed by atoms with Gasteiger partial charge >= 0.3 is 0 Å². The fourth-order valence-corrected chi connectivity index (χ4v) is 1.85. The number of aromatic nitrogens is 5. The molecule has 3 aromatic heterocycles.